The molecule has 28 heavy (non-hydrogen) atoms. The fourth-order valence-corrected chi connectivity index (χ4v) is 4.17. The minimum absolute atomic E-state index is 0.154. The van der Waals surface area contributed by atoms with Crippen molar-refractivity contribution in [2.45, 2.75) is 52.3 Å². The third-order valence-corrected chi connectivity index (χ3v) is 5.92. The van der Waals surface area contributed by atoms with Gasteiger partial charge in [0.25, 0.3) is 0 Å². The topological polar surface area (TPSA) is 12.5 Å². The zero-order valence-corrected chi connectivity index (χ0v) is 17.8. The molecule has 1 heterocycles. The monoisotopic (exact) mass is 393 g/mol. The highest BCUT2D eigenvalue weighted by Crippen LogP contribution is 2.30. The van der Waals surface area contributed by atoms with Crippen molar-refractivity contribution in [1.82, 2.24) is 4.90 Å². The molecule has 0 spiro atoms. The van der Waals surface area contributed by atoms with Gasteiger partial charge in [-0.25, -0.2) is 0 Å². The Kier molecular flexibility index (Phi) is 8.13. The van der Waals surface area contributed by atoms with Crippen LogP contribution >= 0.6 is 11.3 Å². The van der Waals surface area contributed by atoms with E-state index >= 15 is 0 Å². The van der Waals surface area contributed by atoms with Crippen LogP contribution in [0.4, 0.5) is 0 Å². The van der Waals surface area contributed by atoms with Gasteiger partial charge in [0.1, 0.15) is 11.9 Å². The van der Waals surface area contributed by atoms with Crippen LogP contribution in [0.15, 0.2) is 72.1 Å². The lowest BCUT2D eigenvalue weighted by Gasteiger charge is -2.22. The fraction of sp³-hybridized carbons (Fsp3) is 0.360. The molecule has 0 bridgehead atoms. The van der Waals surface area contributed by atoms with Crippen molar-refractivity contribution in [2.75, 3.05) is 6.54 Å². The average Bonchev–Trinajstić information content (AvgIpc) is 3.26. The van der Waals surface area contributed by atoms with Crippen molar-refractivity contribution in [1.29, 1.82) is 0 Å². The van der Waals surface area contributed by atoms with E-state index in [-0.39, 0.29) is 6.10 Å². The minimum Gasteiger partial charge on any atom is -0.485 e. The number of ether oxygens (including phenoxy) is 1. The summed E-state index contributed by atoms with van der Waals surface area (Å²) < 4.78 is 6.43. The third-order valence-electron chi connectivity index (χ3n) is 4.96. The number of hydrogen-bond donors (Lipinski definition) is 0. The number of benzene rings is 2. The van der Waals surface area contributed by atoms with Gasteiger partial charge in [0, 0.05) is 18.0 Å². The predicted molar refractivity (Wildman–Crippen MR) is 120 cm³/mol. The number of unbranched alkanes of at least 4 members (excludes halogenated alkanes) is 1. The zero-order chi connectivity index (χ0) is 19.6. The van der Waals surface area contributed by atoms with E-state index in [9.17, 15) is 0 Å². The van der Waals surface area contributed by atoms with Crippen LogP contribution in [0, 0.1) is 0 Å². The molecule has 3 heteroatoms. The molecular weight excluding hydrogens is 362 g/mol. The van der Waals surface area contributed by atoms with E-state index in [1.165, 1.54) is 28.8 Å². The van der Waals surface area contributed by atoms with Gasteiger partial charge in [-0.05, 0) is 54.1 Å². The highest BCUT2D eigenvalue weighted by Gasteiger charge is 2.14. The van der Waals surface area contributed by atoms with Crippen LogP contribution in [-0.4, -0.2) is 11.4 Å². The van der Waals surface area contributed by atoms with Crippen molar-refractivity contribution in [3.05, 3.63) is 88.1 Å². The van der Waals surface area contributed by atoms with Crippen LogP contribution in [0.25, 0.3) is 0 Å². The Morgan fingerprint density at radius 2 is 1.68 bits per heavy atom. The van der Waals surface area contributed by atoms with Crippen molar-refractivity contribution in [3.63, 3.8) is 0 Å². The summed E-state index contributed by atoms with van der Waals surface area (Å²) in [5.41, 5.74) is 2.66. The van der Waals surface area contributed by atoms with Gasteiger partial charge in [-0.1, -0.05) is 68.8 Å². The van der Waals surface area contributed by atoms with E-state index in [1.54, 1.807) is 11.3 Å². The largest absolute Gasteiger partial charge is 0.485 e. The van der Waals surface area contributed by atoms with Gasteiger partial charge in [0.2, 0.25) is 0 Å². The van der Waals surface area contributed by atoms with Crippen molar-refractivity contribution in [3.8, 4) is 5.75 Å². The van der Waals surface area contributed by atoms with E-state index < -0.39 is 0 Å². The molecule has 0 aliphatic heterocycles. The Morgan fingerprint density at radius 3 is 2.39 bits per heavy atom. The molecule has 2 nitrogen and oxygen atoms in total. The normalized spacial score (nSPS) is 12.2. The molecule has 1 atom stereocenters. The Morgan fingerprint density at radius 1 is 0.893 bits per heavy atom. The number of thiophene rings is 1. The van der Waals surface area contributed by atoms with Crippen molar-refractivity contribution in [2.24, 2.45) is 0 Å². The second-order valence-corrected chi connectivity index (χ2v) is 8.18. The molecular formula is C25H31NOS. The molecule has 148 valence electrons. The number of rotatable bonds is 11. The predicted octanol–water partition coefficient (Wildman–Crippen LogP) is 7.08. The quantitative estimate of drug-likeness (QED) is 0.345. The molecule has 0 saturated heterocycles. The minimum atomic E-state index is 0.154. The average molecular weight is 394 g/mol. The Balaban J connectivity index is 1.66. The van der Waals surface area contributed by atoms with Crippen LogP contribution < -0.4 is 4.74 Å². The maximum absolute atomic E-state index is 6.43. The maximum atomic E-state index is 6.43. The van der Waals surface area contributed by atoms with Gasteiger partial charge in [0.05, 0.1) is 0 Å². The molecule has 1 aromatic heterocycles. The summed E-state index contributed by atoms with van der Waals surface area (Å²) in [4.78, 5) is 3.78. The first-order valence-electron chi connectivity index (χ1n) is 10.3. The lowest BCUT2D eigenvalue weighted by Crippen LogP contribution is -2.22. The zero-order valence-electron chi connectivity index (χ0n) is 17.0. The highest BCUT2D eigenvalue weighted by atomic mass is 32.1. The van der Waals surface area contributed by atoms with Gasteiger partial charge < -0.3 is 4.74 Å². The van der Waals surface area contributed by atoms with Crippen LogP contribution in [0.1, 0.15) is 55.2 Å². The third kappa shape index (κ3) is 6.22. The van der Waals surface area contributed by atoms with Gasteiger partial charge in [-0.2, -0.15) is 0 Å². The second kappa shape index (κ2) is 11.0. The summed E-state index contributed by atoms with van der Waals surface area (Å²) in [5, 5.41) is 2.14. The van der Waals surface area contributed by atoms with E-state index in [0.29, 0.717) is 0 Å². The molecule has 3 aromatic rings. The summed E-state index contributed by atoms with van der Waals surface area (Å²) in [6, 6.07) is 23.6. The Hall–Kier alpha value is -2.10. The molecule has 0 amide bonds. The molecule has 0 saturated carbocycles. The lowest BCUT2D eigenvalue weighted by molar-refractivity contribution is 0.194. The van der Waals surface area contributed by atoms with E-state index in [2.05, 4.69) is 90.9 Å². The summed E-state index contributed by atoms with van der Waals surface area (Å²) >= 11 is 1.79. The Labute approximate surface area is 173 Å². The Bertz CT molecular complexity index is 800. The fourth-order valence-electron chi connectivity index (χ4n) is 3.38. The first kappa shape index (κ1) is 20.6. The standard InChI is InChI=1S/C25H31NOS/c1-3-5-15-24(25-16-10-17-28-25)27-23-14-9-13-22(18-23)20-26(4-2)19-21-11-7-6-8-12-21/h6-14,16-18,24H,3-5,15,19-20H2,1-2H3. The van der Waals surface area contributed by atoms with Gasteiger partial charge in [0.15, 0.2) is 0 Å². The van der Waals surface area contributed by atoms with Gasteiger partial charge >= 0.3 is 0 Å². The molecule has 2 aromatic carbocycles. The SMILES string of the molecule is CCCCC(Oc1cccc(CN(CC)Cc2ccccc2)c1)c1cccs1. The summed E-state index contributed by atoms with van der Waals surface area (Å²) in [7, 11) is 0. The molecule has 0 N–H and O–H groups in total. The molecule has 3 rings (SSSR count). The van der Waals surface area contributed by atoms with Gasteiger partial charge in [-0.15, -0.1) is 11.3 Å². The van der Waals surface area contributed by atoms with Crippen molar-refractivity contribution >= 4 is 11.3 Å². The highest BCUT2D eigenvalue weighted by molar-refractivity contribution is 7.10. The summed E-state index contributed by atoms with van der Waals surface area (Å²) in [6.07, 6.45) is 3.59. The maximum Gasteiger partial charge on any atom is 0.133 e. The van der Waals surface area contributed by atoms with Gasteiger partial charge in [-0.3, -0.25) is 4.90 Å². The molecule has 0 radical (unpaired) electrons. The van der Waals surface area contributed by atoms with Crippen molar-refractivity contribution < 1.29 is 4.74 Å². The van der Waals surface area contributed by atoms with E-state index in [0.717, 1.165) is 31.8 Å². The first-order valence-corrected chi connectivity index (χ1v) is 11.2. The molecule has 1 unspecified atom stereocenters. The summed E-state index contributed by atoms with van der Waals surface area (Å²) in [6.45, 7) is 7.38. The number of nitrogens with zero attached hydrogens (tertiary/aromatic N) is 1. The molecule has 0 aliphatic carbocycles. The summed E-state index contributed by atoms with van der Waals surface area (Å²) in [5.74, 6) is 0.975. The second-order valence-electron chi connectivity index (χ2n) is 7.20. The van der Waals surface area contributed by atoms with E-state index in [1.807, 2.05) is 0 Å². The van der Waals surface area contributed by atoms with Crippen LogP contribution in [0.3, 0.4) is 0 Å². The van der Waals surface area contributed by atoms with Crippen LogP contribution in [-0.2, 0) is 13.1 Å². The number of hydrogen-bond acceptors (Lipinski definition) is 3. The molecule has 0 aliphatic rings. The molecule has 0 fully saturated rings. The van der Waals surface area contributed by atoms with E-state index in [4.69, 9.17) is 4.74 Å². The smallest absolute Gasteiger partial charge is 0.133 e. The lowest BCUT2D eigenvalue weighted by atomic mass is 10.1. The van der Waals surface area contributed by atoms with Crippen LogP contribution in [0.5, 0.6) is 5.75 Å². The first-order chi connectivity index (χ1) is 13.8. The van der Waals surface area contributed by atoms with Crippen LogP contribution in [0.2, 0.25) is 0 Å².